The lowest BCUT2D eigenvalue weighted by atomic mass is 10.2. The number of sulfonamides is 1. The van der Waals surface area contributed by atoms with Crippen LogP contribution in [0, 0.1) is 17.5 Å². The van der Waals surface area contributed by atoms with Crippen molar-refractivity contribution in [2.75, 3.05) is 17.3 Å². The number of halogens is 4. The van der Waals surface area contributed by atoms with E-state index in [-0.39, 0.29) is 17.9 Å². The molecule has 0 unspecified atom stereocenters. The van der Waals surface area contributed by atoms with Gasteiger partial charge in [0.2, 0.25) is 5.82 Å². The molecule has 0 aliphatic rings. The van der Waals surface area contributed by atoms with Gasteiger partial charge in [-0.25, -0.2) is 17.2 Å². The van der Waals surface area contributed by atoms with Gasteiger partial charge in [-0.2, -0.15) is 9.11 Å². The molecule has 0 fully saturated rings. The summed E-state index contributed by atoms with van der Waals surface area (Å²) in [6, 6.07) is 0.686. The lowest BCUT2D eigenvalue weighted by Crippen LogP contribution is -2.23. The summed E-state index contributed by atoms with van der Waals surface area (Å²) in [6.07, 6.45) is -1.19. The number of alkyl halides is 1. The zero-order valence-corrected chi connectivity index (χ0v) is 16.7. The Hall–Kier alpha value is -0.440. The van der Waals surface area contributed by atoms with Gasteiger partial charge in [0.25, 0.3) is 10.0 Å². The summed E-state index contributed by atoms with van der Waals surface area (Å²) in [4.78, 5) is 17.4. The van der Waals surface area contributed by atoms with Crippen LogP contribution in [-0.2, 0) is 14.6 Å². The van der Waals surface area contributed by atoms with Gasteiger partial charge >= 0.3 is 7.60 Å². The minimum atomic E-state index is -4.68. The largest absolute Gasteiger partial charge is 0.487 e. The van der Waals surface area contributed by atoms with Gasteiger partial charge in [-0.1, -0.05) is 22.6 Å². The molecule has 0 saturated heterocycles. The number of ether oxygens (including phenoxy) is 1. The molecule has 14 heteroatoms. The topological polar surface area (TPSA) is 113 Å². The number of hydrogen-bond donors (Lipinski definition) is 3. The Morgan fingerprint density at radius 1 is 1.24 bits per heavy atom. The number of nitrogens with one attached hydrogen (secondary N) is 1. The lowest BCUT2D eigenvalue weighted by Gasteiger charge is -2.08. The molecule has 0 bridgehead atoms. The van der Waals surface area contributed by atoms with E-state index in [1.807, 2.05) is 22.6 Å². The molecule has 1 aromatic heterocycles. The normalized spacial score (nSPS) is 12.7. The van der Waals surface area contributed by atoms with E-state index in [4.69, 9.17) is 14.5 Å². The predicted molar refractivity (Wildman–Crippen MR) is 93.3 cm³/mol. The molecule has 7 nitrogen and oxygen atoms in total. The van der Waals surface area contributed by atoms with Gasteiger partial charge in [-0.15, -0.1) is 11.3 Å². The van der Waals surface area contributed by atoms with Crippen molar-refractivity contribution in [1.82, 2.24) is 4.72 Å². The van der Waals surface area contributed by atoms with E-state index in [1.165, 1.54) is 0 Å². The molecule has 25 heavy (non-hydrogen) atoms. The molecule has 2 aromatic rings. The summed E-state index contributed by atoms with van der Waals surface area (Å²) in [5.74, 6) is -5.26. The van der Waals surface area contributed by atoms with Crippen LogP contribution < -0.4 is 9.46 Å². The first-order valence-electron chi connectivity index (χ1n) is 6.31. The van der Waals surface area contributed by atoms with E-state index >= 15 is 0 Å². The molecule has 0 aliphatic heterocycles. The fourth-order valence-electron chi connectivity index (χ4n) is 1.75. The zero-order valence-electron chi connectivity index (χ0n) is 12.0. The fraction of sp³-hybridized carbons (Fsp3) is 0.273. The predicted octanol–water partition coefficient (Wildman–Crippen LogP) is 2.55. The Balaban J connectivity index is 2.54. The molecule has 0 atom stereocenters. The third-order valence-corrected chi connectivity index (χ3v) is 7.01. The van der Waals surface area contributed by atoms with Crippen LogP contribution in [0.25, 0.3) is 10.1 Å². The molecule has 0 aliphatic carbocycles. The van der Waals surface area contributed by atoms with Crippen LogP contribution in [0.1, 0.15) is 0 Å². The van der Waals surface area contributed by atoms with Crippen molar-refractivity contribution in [3.8, 4) is 5.75 Å². The summed E-state index contributed by atoms with van der Waals surface area (Å²) < 4.78 is 82.8. The summed E-state index contributed by atoms with van der Waals surface area (Å²) in [5, 5.41) is -0.613. The van der Waals surface area contributed by atoms with Crippen LogP contribution in [-0.4, -0.2) is 35.5 Å². The first-order valence-corrected chi connectivity index (χ1v) is 11.9. The smallest absolute Gasteiger partial charge is 0.340 e. The Labute approximate surface area is 157 Å². The maximum Gasteiger partial charge on any atom is 0.340 e. The van der Waals surface area contributed by atoms with Gasteiger partial charge in [-0.3, -0.25) is 4.57 Å². The molecule has 2 rings (SSSR count). The van der Waals surface area contributed by atoms with E-state index in [0.29, 0.717) is 10.5 Å². The van der Waals surface area contributed by atoms with Crippen molar-refractivity contribution in [3.63, 3.8) is 0 Å². The molecule has 1 heterocycles. The zero-order chi connectivity index (χ0) is 19.0. The van der Waals surface area contributed by atoms with Gasteiger partial charge in [0, 0.05) is 9.81 Å². The minimum absolute atomic E-state index is 0.0836. The first kappa shape index (κ1) is 20.9. The van der Waals surface area contributed by atoms with Crippen molar-refractivity contribution in [2.45, 2.75) is 4.21 Å². The van der Waals surface area contributed by atoms with Crippen LogP contribution >= 0.6 is 41.5 Å². The first-order chi connectivity index (χ1) is 11.5. The third-order valence-electron chi connectivity index (χ3n) is 2.79. The van der Waals surface area contributed by atoms with Crippen molar-refractivity contribution in [1.29, 1.82) is 0 Å². The fourth-order valence-corrected chi connectivity index (χ4v) is 5.42. The molecule has 0 amide bonds. The second kappa shape index (κ2) is 7.66. The van der Waals surface area contributed by atoms with Gasteiger partial charge in [-0.05, 0) is 6.07 Å². The van der Waals surface area contributed by atoms with Gasteiger partial charge in [0.05, 0.1) is 11.3 Å². The summed E-state index contributed by atoms with van der Waals surface area (Å²) in [5.41, 5.74) is 0. The van der Waals surface area contributed by atoms with Crippen molar-refractivity contribution < 1.29 is 40.7 Å². The Morgan fingerprint density at radius 2 is 1.88 bits per heavy atom. The molecule has 140 valence electrons. The highest BCUT2D eigenvalue weighted by Crippen LogP contribution is 2.39. The van der Waals surface area contributed by atoms with Crippen molar-refractivity contribution >= 4 is 61.6 Å². The molecule has 3 N–H and O–H groups in total. The van der Waals surface area contributed by atoms with E-state index in [0.717, 1.165) is 0 Å². The number of benzene rings is 1. The highest BCUT2D eigenvalue weighted by Gasteiger charge is 2.28. The van der Waals surface area contributed by atoms with Gasteiger partial charge < -0.3 is 14.5 Å². The summed E-state index contributed by atoms with van der Waals surface area (Å²) in [6.45, 7) is -0.0836. The number of fused-ring (bicyclic) bond motifs is 1. The average Bonchev–Trinajstić information content (AvgIpc) is 2.97. The number of hydrogen-bond acceptors (Lipinski definition) is 5. The minimum Gasteiger partial charge on any atom is -0.487 e. The second-order valence-corrected chi connectivity index (χ2v) is 10.4. The SMILES string of the molecule is O=P(O)(O)CNS(=O)(=O)c1cc2c(F)c(F)c(OCCI)c(F)c2s1. The lowest BCUT2D eigenvalue weighted by molar-refractivity contribution is 0.303. The van der Waals surface area contributed by atoms with E-state index < -0.39 is 61.4 Å². The Morgan fingerprint density at radius 3 is 2.44 bits per heavy atom. The maximum absolute atomic E-state index is 14.3. The summed E-state index contributed by atoms with van der Waals surface area (Å²) in [7, 11) is -9.13. The molecule has 1 aromatic carbocycles. The molecular formula is C11H10F3INO6PS2. The van der Waals surface area contributed by atoms with Crippen LogP contribution in [0.2, 0.25) is 0 Å². The van der Waals surface area contributed by atoms with Crippen LogP contribution in [0.15, 0.2) is 10.3 Å². The quantitative estimate of drug-likeness (QED) is 0.219. The van der Waals surface area contributed by atoms with E-state index in [2.05, 4.69) is 0 Å². The Bertz CT molecular complexity index is 961. The average molecular weight is 531 g/mol. The van der Waals surface area contributed by atoms with Crippen LogP contribution in [0.3, 0.4) is 0 Å². The number of thiophene rings is 1. The monoisotopic (exact) mass is 531 g/mol. The summed E-state index contributed by atoms with van der Waals surface area (Å²) >= 11 is 2.17. The van der Waals surface area contributed by atoms with Crippen LogP contribution in [0.5, 0.6) is 5.75 Å². The van der Waals surface area contributed by atoms with Crippen molar-refractivity contribution in [3.05, 3.63) is 23.5 Å². The second-order valence-electron chi connectivity index (χ2n) is 4.59. The molecule has 0 saturated carbocycles. The van der Waals surface area contributed by atoms with Crippen molar-refractivity contribution in [2.24, 2.45) is 0 Å². The standard InChI is InChI=1S/C11H10F3INO6PS2/c12-7-5-3-6(25(20,21)16-4-23(17,18)19)24-11(5)9(14)10(8(7)13)22-2-1-15/h3,16H,1-2,4H2,(H2,17,18,19). The van der Waals surface area contributed by atoms with E-state index in [9.17, 15) is 26.2 Å². The maximum atomic E-state index is 14.3. The van der Waals surface area contributed by atoms with Gasteiger partial charge in [0.15, 0.2) is 17.4 Å². The van der Waals surface area contributed by atoms with E-state index in [1.54, 1.807) is 4.72 Å². The van der Waals surface area contributed by atoms with Gasteiger partial charge in [0.1, 0.15) is 10.5 Å². The molecule has 0 spiro atoms. The molecule has 0 radical (unpaired) electrons. The van der Waals surface area contributed by atoms with Crippen LogP contribution in [0.4, 0.5) is 13.2 Å². The molecular weight excluding hydrogens is 521 g/mol. The number of rotatable bonds is 7. The highest BCUT2D eigenvalue weighted by atomic mass is 127. The highest BCUT2D eigenvalue weighted by molar-refractivity contribution is 14.1. The third kappa shape index (κ3) is 4.64. The Kier molecular flexibility index (Phi) is 6.40.